The number of guanidine groups is 1. The first-order valence-corrected chi connectivity index (χ1v) is 9.73. The molecule has 144 valence electrons. The lowest BCUT2D eigenvalue weighted by molar-refractivity contribution is -0.127. The number of likely N-dealkylation sites (N-methyl/N-ethyl adjacent to an activating group) is 1. The van der Waals surface area contributed by atoms with Crippen LogP contribution in [0, 0.1) is 5.92 Å². The van der Waals surface area contributed by atoms with Gasteiger partial charge in [-0.25, -0.2) is 4.99 Å². The zero-order valence-corrected chi connectivity index (χ0v) is 16.9. The zero-order valence-electron chi connectivity index (χ0n) is 16.9. The van der Waals surface area contributed by atoms with Crippen LogP contribution in [0.3, 0.4) is 0 Å². The number of rotatable bonds is 5. The molecule has 1 amide bonds. The minimum Gasteiger partial charge on any atom is -0.354 e. The molecule has 1 fully saturated rings. The van der Waals surface area contributed by atoms with Gasteiger partial charge >= 0.3 is 0 Å². The Morgan fingerprint density at radius 2 is 2.04 bits per heavy atom. The van der Waals surface area contributed by atoms with Gasteiger partial charge in [-0.3, -0.25) is 4.79 Å². The predicted molar refractivity (Wildman–Crippen MR) is 108 cm³/mol. The topological polar surface area (TPSA) is 47.9 Å². The van der Waals surface area contributed by atoms with Gasteiger partial charge in [0.15, 0.2) is 5.96 Å². The van der Waals surface area contributed by atoms with Crippen LogP contribution in [0.4, 0.5) is 0 Å². The molecule has 1 aromatic carbocycles. The molecule has 1 N–H and O–H groups in total. The van der Waals surface area contributed by atoms with E-state index in [2.05, 4.69) is 66.3 Å². The Balaban J connectivity index is 2.08. The van der Waals surface area contributed by atoms with E-state index in [0.29, 0.717) is 17.9 Å². The molecule has 0 saturated carbocycles. The summed E-state index contributed by atoms with van der Waals surface area (Å²) in [6.45, 7) is 8.74. The van der Waals surface area contributed by atoms with E-state index in [1.807, 2.05) is 0 Å². The Kier molecular flexibility index (Phi) is 7.49. The van der Waals surface area contributed by atoms with Crippen molar-refractivity contribution in [1.29, 1.82) is 0 Å². The average Bonchev–Trinajstić information content (AvgIpc) is 2.65. The summed E-state index contributed by atoms with van der Waals surface area (Å²) in [5.74, 6) is 2.02. The number of hydrogen-bond donors (Lipinski definition) is 1. The second-order valence-corrected chi connectivity index (χ2v) is 7.61. The third-order valence-corrected chi connectivity index (χ3v) is 5.28. The monoisotopic (exact) mass is 358 g/mol. The van der Waals surface area contributed by atoms with Crippen molar-refractivity contribution in [2.24, 2.45) is 10.9 Å². The number of likely N-dealkylation sites (tertiary alicyclic amines) is 1. The van der Waals surface area contributed by atoms with E-state index in [4.69, 9.17) is 0 Å². The summed E-state index contributed by atoms with van der Waals surface area (Å²) in [6, 6.07) is 11.1. The van der Waals surface area contributed by atoms with E-state index in [9.17, 15) is 4.79 Å². The van der Waals surface area contributed by atoms with Crippen LogP contribution in [-0.4, -0.2) is 61.4 Å². The first-order chi connectivity index (χ1) is 12.4. The number of nitrogens with zero attached hydrogens (tertiary/aromatic N) is 3. The number of nitrogens with one attached hydrogen (secondary N) is 1. The molecule has 0 bridgehead atoms. The van der Waals surface area contributed by atoms with E-state index in [1.54, 1.807) is 19.0 Å². The van der Waals surface area contributed by atoms with E-state index in [-0.39, 0.29) is 12.5 Å². The molecule has 1 aliphatic rings. The van der Waals surface area contributed by atoms with E-state index in [0.717, 1.165) is 31.9 Å². The summed E-state index contributed by atoms with van der Waals surface area (Å²) in [6.07, 6.45) is 2.13. The number of benzene rings is 1. The lowest BCUT2D eigenvalue weighted by atomic mass is 9.82. The number of carbonyl (C=O) groups is 1. The Labute approximate surface area is 158 Å². The van der Waals surface area contributed by atoms with Crippen LogP contribution in [0.5, 0.6) is 0 Å². The Hall–Kier alpha value is -2.04. The first-order valence-electron chi connectivity index (χ1n) is 9.73. The average molecular weight is 359 g/mol. The number of carbonyl (C=O) groups excluding carboxylic acids is 1. The highest BCUT2D eigenvalue weighted by molar-refractivity contribution is 5.85. The molecular formula is C21H34N4O. The van der Waals surface area contributed by atoms with Gasteiger partial charge < -0.3 is 15.1 Å². The van der Waals surface area contributed by atoms with Gasteiger partial charge in [-0.1, -0.05) is 44.2 Å². The number of amides is 1. The van der Waals surface area contributed by atoms with Crippen LogP contribution in [0.2, 0.25) is 0 Å². The highest BCUT2D eigenvalue weighted by Gasteiger charge is 2.29. The standard InChI is InChI=1S/C21H34N4O/c1-6-17(3)23-21(22-14-20(26)24(4)5)25-13-12-19(16(2)15-25)18-10-8-7-9-11-18/h7-11,16-17,19H,6,12-15H2,1-5H3,(H,22,23). The summed E-state index contributed by atoms with van der Waals surface area (Å²) in [4.78, 5) is 20.5. The van der Waals surface area contributed by atoms with E-state index < -0.39 is 0 Å². The maximum Gasteiger partial charge on any atom is 0.243 e. The van der Waals surface area contributed by atoms with Crippen molar-refractivity contribution < 1.29 is 4.79 Å². The maximum absolute atomic E-state index is 12.0. The lowest BCUT2D eigenvalue weighted by Crippen LogP contribution is -2.50. The SMILES string of the molecule is CCC(C)NC(=NCC(=O)N(C)C)N1CCC(c2ccccc2)C(C)C1. The van der Waals surface area contributed by atoms with Crippen molar-refractivity contribution in [1.82, 2.24) is 15.1 Å². The third kappa shape index (κ3) is 5.48. The highest BCUT2D eigenvalue weighted by atomic mass is 16.2. The van der Waals surface area contributed by atoms with Gasteiger partial charge in [0.2, 0.25) is 5.91 Å². The summed E-state index contributed by atoms with van der Waals surface area (Å²) >= 11 is 0. The molecule has 0 radical (unpaired) electrons. The summed E-state index contributed by atoms with van der Waals surface area (Å²) in [5.41, 5.74) is 1.43. The molecule has 1 aliphatic heterocycles. The van der Waals surface area contributed by atoms with Gasteiger partial charge in [-0.2, -0.15) is 0 Å². The second-order valence-electron chi connectivity index (χ2n) is 7.61. The normalized spacial score (nSPS) is 22.0. The molecule has 5 nitrogen and oxygen atoms in total. The van der Waals surface area contributed by atoms with Gasteiger partial charge in [0.05, 0.1) is 0 Å². The molecule has 0 spiro atoms. The molecule has 2 rings (SSSR count). The summed E-state index contributed by atoms with van der Waals surface area (Å²) in [5, 5.41) is 3.51. The quantitative estimate of drug-likeness (QED) is 0.650. The van der Waals surface area contributed by atoms with Crippen molar-refractivity contribution in [2.45, 2.75) is 45.6 Å². The lowest BCUT2D eigenvalue weighted by Gasteiger charge is -2.39. The van der Waals surface area contributed by atoms with E-state index >= 15 is 0 Å². The van der Waals surface area contributed by atoms with Crippen LogP contribution in [0.25, 0.3) is 0 Å². The molecular weight excluding hydrogens is 324 g/mol. The molecule has 1 aromatic rings. The zero-order chi connectivity index (χ0) is 19.1. The molecule has 3 unspecified atom stereocenters. The molecule has 1 heterocycles. The first kappa shape index (κ1) is 20.3. The van der Waals surface area contributed by atoms with Gasteiger partial charge in [-0.05, 0) is 37.2 Å². The fourth-order valence-electron chi connectivity index (χ4n) is 3.38. The number of aliphatic imine (C=N–C) groups is 1. The van der Waals surface area contributed by atoms with Crippen LogP contribution >= 0.6 is 0 Å². The Morgan fingerprint density at radius 3 is 2.62 bits per heavy atom. The molecule has 26 heavy (non-hydrogen) atoms. The largest absolute Gasteiger partial charge is 0.354 e. The van der Waals surface area contributed by atoms with Crippen molar-refractivity contribution in [3.8, 4) is 0 Å². The summed E-state index contributed by atoms with van der Waals surface area (Å²) < 4.78 is 0. The van der Waals surface area contributed by atoms with Crippen molar-refractivity contribution in [2.75, 3.05) is 33.7 Å². The fourth-order valence-corrected chi connectivity index (χ4v) is 3.38. The van der Waals surface area contributed by atoms with Gasteiger partial charge in [0, 0.05) is 33.2 Å². The minimum atomic E-state index is 0.0284. The maximum atomic E-state index is 12.0. The molecule has 0 aromatic heterocycles. The summed E-state index contributed by atoms with van der Waals surface area (Å²) in [7, 11) is 3.54. The smallest absolute Gasteiger partial charge is 0.243 e. The Morgan fingerprint density at radius 1 is 1.35 bits per heavy atom. The third-order valence-electron chi connectivity index (χ3n) is 5.28. The van der Waals surface area contributed by atoms with Gasteiger partial charge in [-0.15, -0.1) is 0 Å². The highest BCUT2D eigenvalue weighted by Crippen LogP contribution is 2.32. The van der Waals surface area contributed by atoms with Crippen LogP contribution in [0.15, 0.2) is 35.3 Å². The predicted octanol–water partition coefficient (Wildman–Crippen LogP) is 2.94. The van der Waals surface area contributed by atoms with Crippen LogP contribution in [0.1, 0.15) is 45.1 Å². The van der Waals surface area contributed by atoms with E-state index in [1.165, 1.54) is 5.56 Å². The molecule has 3 atom stereocenters. The fraction of sp³-hybridized carbons (Fsp3) is 0.619. The van der Waals surface area contributed by atoms with Gasteiger partial charge in [0.25, 0.3) is 0 Å². The minimum absolute atomic E-state index is 0.0284. The van der Waals surface area contributed by atoms with Crippen LogP contribution < -0.4 is 5.32 Å². The van der Waals surface area contributed by atoms with Crippen molar-refractivity contribution in [3.05, 3.63) is 35.9 Å². The van der Waals surface area contributed by atoms with Crippen LogP contribution in [-0.2, 0) is 4.79 Å². The molecule has 1 saturated heterocycles. The number of piperidine rings is 1. The van der Waals surface area contributed by atoms with Crippen molar-refractivity contribution >= 4 is 11.9 Å². The molecule has 0 aliphatic carbocycles. The second kappa shape index (κ2) is 9.60. The Bertz CT molecular complexity index is 599. The van der Waals surface area contributed by atoms with Crippen molar-refractivity contribution in [3.63, 3.8) is 0 Å². The molecule has 5 heteroatoms. The van der Waals surface area contributed by atoms with Gasteiger partial charge in [0.1, 0.15) is 6.54 Å². The number of hydrogen-bond acceptors (Lipinski definition) is 2.